The van der Waals surface area contributed by atoms with Crippen LogP contribution in [-0.4, -0.2) is 34.2 Å². The SMILES string of the molecule is C=CCN1C(=O)NC(=O)C(=Cc2ccc(-c3cc(C)c(C)c([N+](=O)[O-])c3)o2)C1=O. The summed E-state index contributed by atoms with van der Waals surface area (Å²) in [4.78, 5) is 47.9. The molecule has 1 aromatic heterocycles. The summed E-state index contributed by atoms with van der Waals surface area (Å²) in [6.07, 6.45) is 2.58. The van der Waals surface area contributed by atoms with Crippen molar-refractivity contribution in [1.82, 2.24) is 10.2 Å². The number of imide groups is 2. The van der Waals surface area contributed by atoms with Gasteiger partial charge < -0.3 is 4.42 Å². The van der Waals surface area contributed by atoms with Gasteiger partial charge in [-0.3, -0.25) is 29.9 Å². The molecule has 29 heavy (non-hydrogen) atoms. The second kappa shape index (κ2) is 7.55. The zero-order valence-corrected chi connectivity index (χ0v) is 15.7. The number of nitro groups is 1. The highest BCUT2D eigenvalue weighted by Crippen LogP contribution is 2.31. The molecule has 2 aromatic rings. The molecule has 4 amide bonds. The number of aryl methyl sites for hydroxylation is 1. The van der Waals surface area contributed by atoms with E-state index in [1.54, 1.807) is 26.0 Å². The van der Waals surface area contributed by atoms with Crippen molar-refractivity contribution in [2.45, 2.75) is 13.8 Å². The van der Waals surface area contributed by atoms with Gasteiger partial charge in [0.1, 0.15) is 17.1 Å². The molecule has 1 aliphatic heterocycles. The molecule has 9 heteroatoms. The Balaban J connectivity index is 1.97. The Bertz CT molecular complexity index is 1100. The van der Waals surface area contributed by atoms with Crippen LogP contribution in [-0.2, 0) is 9.59 Å². The molecule has 0 atom stereocenters. The van der Waals surface area contributed by atoms with Crippen LogP contribution in [0.25, 0.3) is 17.4 Å². The Hall–Kier alpha value is -4.01. The third-order valence-electron chi connectivity index (χ3n) is 4.53. The summed E-state index contributed by atoms with van der Waals surface area (Å²) < 4.78 is 5.67. The van der Waals surface area contributed by atoms with Crippen molar-refractivity contribution >= 4 is 29.6 Å². The Morgan fingerprint density at radius 1 is 1.24 bits per heavy atom. The summed E-state index contributed by atoms with van der Waals surface area (Å²) in [6.45, 7) is 6.85. The van der Waals surface area contributed by atoms with Gasteiger partial charge in [0, 0.05) is 23.7 Å². The Labute approximate surface area is 165 Å². The van der Waals surface area contributed by atoms with Gasteiger partial charge in [-0.2, -0.15) is 0 Å². The maximum atomic E-state index is 12.4. The molecule has 0 radical (unpaired) electrons. The lowest BCUT2D eigenvalue weighted by Gasteiger charge is -2.24. The van der Waals surface area contributed by atoms with Crippen LogP contribution in [0.15, 0.2) is 46.9 Å². The second-order valence-corrected chi connectivity index (χ2v) is 6.42. The van der Waals surface area contributed by atoms with Gasteiger partial charge in [-0.05, 0) is 43.7 Å². The molecular weight excluding hydrogens is 378 g/mol. The summed E-state index contributed by atoms with van der Waals surface area (Å²) >= 11 is 0. The van der Waals surface area contributed by atoms with Crippen LogP contribution in [0.5, 0.6) is 0 Å². The third kappa shape index (κ3) is 3.70. The number of carbonyl (C=O) groups excluding carboxylic acids is 3. The number of barbiturate groups is 1. The van der Waals surface area contributed by atoms with Crippen molar-refractivity contribution < 1.29 is 23.7 Å². The van der Waals surface area contributed by atoms with E-state index < -0.39 is 22.8 Å². The molecule has 0 bridgehead atoms. The fourth-order valence-corrected chi connectivity index (χ4v) is 2.89. The van der Waals surface area contributed by atoms with Crippen molar-refractivity contribution in [2.24, 2.45) is 0 Å². The van der Waals surface area contributed by atoms with E-state index in [0.29, 0.717) is 16.9 Å². The van der Waals surface area contributed by atoms with Gasteiger partial charge in [0.15, 0.2) is 0 Å². The van der Waals surface area contributed by atoms with Crippen molar-refractivity contribution in [3.63, 3.8) is 0 Å². The van der Waals surface area contributed by atoms with Gasteiger partial charge in [0.05, 0.1) is 4.92 Å². The van der Waals surface area contributed by atoms with E-state index in [4.69, 9.17) is 4.42 Å². The van der Waals surface area contributed by atoms with E-state index in [9.17, 15) is 24.5 Å². The Kier molecular flexibility index (Phi) is 5.14. The summed E-state index contributed by atoms with van der Waals surface area (Å²) in [5, 5.41) is 13.3. The number of rotatable bonds is 5. The largest absolute Gasteiger partial charge is 0.457 e. The first-order valence-corrected chi connectivity index (χ1v) is 8.58. The summed E-state index contributed by atoms with van der Waals surface area (Å²) in [5.41, 5.74) is 1.48. The van der Waals surface area contributed by atoms with Gasteiger partial charge in [-0.25, -0.2) is 4.79 Å². The number of hydrogen-bond acceptors (Lipinski definition) is 6. The minimum atomic E-state index is -0.833. The number of hydrogen-bond donors (Lipinski definition) is 1. The predicted octanol–water partition coefficient (Wildman–Crippen LogP) is 3.12. The highest BCUT2D eigenvalue weighted by molar-refractivity contribution is 6.30. The van der Waals surface area contributed by atoms with E-state index >= 15 is 0 Å². The van der Waals surface area contributed by atoms with E-state index in [-0.39, 0.29) is 23.6 Å². The molecule has 1 aromatic carbocycles. The van der Waals surface area contributed by atoms with E-state index in [1.807, 2.05) is 0 Å². The van der Waals surface area contributed by atoms with Crippen molar-refractivity contribution in [3.05, 3.63) is 69.5 Å². The van der Waals surface area contributed by atoms with Gasteiger partial charge in [0.2, 0.25) is 0 Å². The lowest BCUT2D eigenvalue weighted by atomic mass is 10.0. The van der Waals surface area contributed by atoms with Crippen LogP contribution >= 0.6 is 0 Å². The smallest absolute Gasteiger partial charge is 0.331 e. The first kappa shape index (κ1) is 19.7. The number of amides is 4. The summed E-state index contributed by atoms with van der Waals surface area (Å²) in [5.74, 6) is -1.07. The second-order valence-electron chi connectivity index (χ2n) is 6.42. The molecule has 1 fully saturated rings. The molecule has 1 aliphatic rings. The van der Waals surface area contributed by atoms with E-state index in [2.05, 4.69) is 11.9 Å². The predicted molar refractivity (Wildman–Crippen MR) is 104 cm³/mol. The minimum Gasteiger partial charge on any atom is -0.457 e. The standard InChI is InChI=1S/C20H17N3O6/c1-4-7-22-19(25)15(18(24)21-20(22)26)10-14-5-6-17(29-14)13-8-11(2)12(3)16(9-13)23(27)28/h4-6,8-10H,1,7H2,2-3H3,(H,21,24,26). The molecular formula is C20H17N3O6. The number of furan rings is 1. The van der Waals surface area contributed by atoms with Crippen LogP contribution in [0.2, 0.25) is 0 Å². The topological polar surface area (TPSA) is 123 Å². The minimum absolute atomic E-state index is 0.0308. The average Bonchev–Trinajstić information content (AvgIpc) is 3.12. The lowest BCUT2D eigenvalue weighted by molar-refractivity contribution is -0.385. The van der Waals surface area contributed by atoms with Gasteiger partial charge in [-0.1, -0.05) is 6.08 Å². The van der Waals surface area contributed by atoms with Crippen LogP contribution in [0.1, 0.15) is 16.9 Å². The van der Waals surface area contributed by atoms with Gasteiger partial charge in [0.25, 0.3) is 17.5 Å². The zero-order valence-electron chi connectivity index (χ0n) is 15.7. The molecule has 3 rings (SSSR count). The Morgan fingerprint density at radius 2 is 1.97 bits per heavy atom. The number of urea groups is 1. The first-order valence-electron chi connectivity index (χ1n) is 8.58. The average molecular weight is 395 g/mol. The molecule has 0 saturated carbocycles. The molecule has 148 valence electrons. The molecule has 0 spiro atoms. The number of nitrogens with one attached hydrogen (secondary N) is 1. The first-order chi connectivity index (χ1) is 13.7. The molecule has 9 nitrogen and oxygen atoms in total. The van der Waals surface area contributed by atoms with Crippen LogP contribution < -0.4 is 5.32 Å². The van der Waals surface area contributed by atoms with Crippen LogP contribution in [0, 0.1) is 24.0 Å². The number of nitrogens with zero attached hydrogens (tertiary/aromatic N) is 2. The zero-order chi connectivity index (χ0) is 21.3. The van der Waals surface area contributed by atoms with E-state index in [0.717, 1.165) is 10.5 Å². The summed E-state index contributed by atoms with van der Waals surface area (Å²) in [7, 11) is 0. The fraction of sp³-hybridized carbons (Fsp3) is 0.150. The van der Waals surface area contributed by atoms with Crippen molar-refractivity contribution in [1.29, 1.82) is 0 Å². The monoisotopic (exact) mass is 395 g/mol. The van der Waals surface area contributed by atoms with Crippen LogP contribution in [0.3, 0.4) is 0 Å². The number of nitro benzene ring substituents is 1. The molecule has 0 aliphatic carbocycles. The van der Waals surface area contributed by atoms with Crippen LogP contribution in [0.4, 0.5) is 10.5 Å². The normalized spacial score (nSPS) is 15.6. The molecule has 1 saturated heterocycles. The van der Waals surface area contributed by atoms with Crippen molar-refractivity contribution in [2.75, 3.05) is 6.54 Å². The van der Waals surface area contributed by atoms with Gasteiger partial charge >= 0.3 is 6.03 Å². The lowest BCUT2D eigenvalue weighted by Crippen LogP contribution is -2.54. The highest BCUT2D eigenvalue weighted by Gasteiger charge is 2.35. The number of benzene rings is 1. The maximum absolute atomic E-state index is 12.4. The molecule has 2 heterocycles. The third-order valence-corrected chi connectivity index (χ3v) is 4.53. The number of carbonyl (C=O) groups is 3. The molecule has 1 N–H and O–H groups in total. The fourth-order valence-electron chi connectivity index (χ4n) is 2.89. The molecule has 0 unspecified atom stereocenters. The summed E-state index contributed by atoms with van der Waals surface area (Å²) in [6, 6.07) is 5.44. The van der Waals surface area contributed by atoms with Gasteiger partial charge in [-0.15, -0.1) is 6.58 Å². The van der Waals surface area contributed by atoms with E-state index in [1.165, 1.54) is 24.3 Å². The van der Waals surface area contributed by atoms with Crippen molar-refractivity contribution in [3.8, 4) is 11.3 Å². The Morgan fingerprint density at radius 3 is 2.62 bits per heavy atom. The maximum Gasteiger partial charge on any atom is 0.331 e. The quantitative estimate of drug-likeness (QED) is 0.273. The highest BCUT2D eigenvalue weighted by atomic mass is 16.6.